The summed E-state index contributed by atoms with van der Waals surface area (Å²) in [5, 5.41) is 0. The van der Waals surface area contributed by atoms with E-state index < -0.39 is 15.7 Å². The molecule has 0 atom stereocenters. The Kier molecular flexibility index (Phi) is 3.57. The number of nitrogens with two attached hydrogens (primary N) is 1. The van der Waals surface area contributed by atoms with Crippen LogP contribution in [0.25, 0.3) is 0 Å². The Labute approximate surface area is 111 Å². The second kappa shape index (κ2) is 5.01. The molecular formula is C14H14FNO2S. The van der Waals surface area contributed by atoms with Gasteiger partial charge in [-0.3, -0.25) is 0 Å². The highest BCUT2D eigenvalue weighted by Crippen LogP contribution is 2.20. The number of rotatable bonds is 3. The number of benzene rings is 2. The molecule has 3 nitrogen and oxygen atoms in total. The van der Waals surface area contributed by atoms with Gasteiger partial charge >= 0.3 is 0 Å². The minimum atomic E-state index is -3.55. The fourth-order valence-corrected chi connectivity index (χ4v) is 3.24. The van der Waals surface area contributed by atoms with Crippen LogP contribution in [-0.4, -0.2) is 8.42 Å². The predicted molar refractivity (Wildman–Crippen MR) is 72.9 cm³/mol. The molecule has 0 saturated heterocycles. The van der Waals surface area contributed by atoms with Crippen molar-refractivity contribution in [1.29, 1.82) is 0 Å². The van der Waals surface area contributed by atoms with Crippen LogP contribution in [0.15, 0.2) is 47.4 Å². The molecule has 0 aromatic heterocycles. The molecule has 0 bridgehead atoms. The first kappa shape index (κ1) is 13.5. The van der Waals surface area contributed by atoms with Gasteiger partial charge in [-0.05, 0) is 36.8 Å². The number of nitrogen functional groups attached to an aromatic ring is 1. The molecular weight excluding hydrogens is 265 g/mol. The third-order valence-corrected chi connectivity index (χ3v) is 4.43. The van der Waals surface area contributed by atoms with E-state index in [0.717, 1.165) is 11.6 Å². The van der Waals surface area contributed by atoms with Gasteiger partial charge in [-0.1, -0.05) is 18.2 Å². The van der Waals surface area contributed by atoms with E-state index in [2.05, 4.69) is 0 Å². The van der Waals surface area contributed by atoms with Crippen molar-refractivity contribution in [3.05, 3.63) is 59.4 Å². The molecule has 2 aromatic rings. The van der Waals surface area contributed by atoms with E-state index in [4.69, 9.17) is 5.73 Å². The first-order valence-corrected chi connectivity index (χ1v) is 7.37. The molecule has 5 heteroatoms. The normalized spacial score (nSPS) is 11.5. The zero-order valence-corrected chi connectivity index (χ0v) is 11.2. The van der Waals surface area contributed by atoms with Gasteiger partial charge in [-0.15, -0.1) is 0 Å². The average Bonchev–Trinajstić information content (AvgIpc) is 2.33. The molecule has 2 N–H and O–H groups in total. The van der Waals surface area contributed by atoms with Crippen LogP contribution >= 0.6 is 0 Å². The lowest BCUT2D eigenvalue weighted by Gasteiger charge is -2.07. The van der Waals surface area contributed by atoms with Crippen molar-refractivity contribution >= 4 is 15.5 Å². The van der Waals surface area contributed by atoms with Gasteiger partial charge in [0.2, 0.25) is 0 Å². The minimum absolute atomic E-state index is 0.121. The molecule has 0 saturated carbocycles. The molecule has 0 spiro atoms. The smallest absolute Gasteiger partial charge is 0.182 e. The fraction of sp³-hybridized carbons (Fsp3) is 0.143. The van der Waals surface area contributed by atoms with Crippen LogP contribution in [0, 0.1) is 12.7 Å². The molecule has 0 amide bonds. The second-order valence-corrected chi connectivity index (χ2v) is 6.42. The Morgan fingerprint density at radius 2 is 1.89 bits per heavy atom. The van der Waals surface area contributed by atoms with E-state index in [1.807, 2.05) is 13.0 Å². The third kappa shape index (κ3) is 3.12. The van der Waals surface area contributed by atoms with Crippen LogP contribution in [0.5, 0.6) is 0 Å². The van der Waals surface area contributed by atoms with E-state index in [-0.39, 0.29) is 21.9 Å². The summed E-state index contributed by atoms with van der Waals surface area (Å²) >= 11 is 0. The van der Waals surface area contributed by atoms with Crippen molar-refractivity contribution in [3.63, 3.8) is 0 Å². The Morgan fingerprint density at radius 3 is 2.53 bits per heavy atom. The Bertz CT molecular complexity index is 711. The van der Waals surface area contributed by atoms with Crippen molar-refractivity contribution in [2.75, 3.05) is 5.73 Å². The van der Waals surface area contributed by atoms with Crippen LogP contribution < -0.4 is 5.73 Å². The highest BCUT2D eigenvalue weighted by atomic mass is 32.2. The molecule has 0 heterocycles. The van der Waals surface area contributed by atoms with Gasteiger partial charge in [-0.25, -0.2) is 12.8 Å². The quantitative estimate of drug-likeness (QED) is 0.879. The van der Waals surface area contributed by atoms with Crippen LogP contribution in [-0.2, 0) is 15.6 Å². The summed E-state index contributed by atoms with van der Waals surface area (Å²) < 4.78 is 38.0. The SMILES string of the molecule is Cc1cccc(S(=O)(=O)Cc2ccc(N)cc2F)c1. The lowest BCUT2D eigenvalue weighted by atomic mass is 10.2. The van der Waals surface area contributed by atoms with Gasteiger partial charge in [0, 0.05) is 11.3 Å². The topological polar surface area (TPSA) is 60.2 Å². The summed E-state index contributed by atoms with van der Waals surface area (Å²) in [6.07, 6.45) is 0. The molecule has 0 unspecified atom stereocenters. The summed E-state index contributed by atoms with van der Waals surface area (Å²) in [7, 11) is -3.55. The standard InChI is InChI=1S/C14H14FNO2S/c1-10-3-2-4-13(7-10)19(17,18)9-11-5-6-12(16)8-14(11)15/h2-8H,9,16H2,1H3. The van der Waals surface area contributed by atoms with Crippen molar-refractivity contribution in [3.8, 4) is 0 Å². The van der Waals surface area contributed by atoms with E-state index in [0.29, 0.717) is 0 Å². The molecule has 0 aliphatic heterocycles. The van der Waals surface area contributed by atoms with Gasteiger partial charge in [0.15, 0.2) is 9.84 Å². The monoisotopic (exact) mass is 279 g/mol. The Balaban J connectivity index is 2.36. The van der Waals surface area contributed by atoms with Crippen LogP contribution in [0.2, 0.25) is 0 Å². The van der Waals surface area contributed by atoms with Gasteiger partial charge in [0.25, 0.3) is 0 Å². The molecule has 0 aliphatic carbocycles. The lowest BCUT2D eigenvalue weighted by molar-refractivity contribution is 0.587. The molecule has 0 radical (unpaired) electrons. The van der Waals surface area contributed by atoms with E-state index in [1.165, 1.54) is 18.2 Å². The average molecular weight is 279 g/mol. The fourth-order valence-electron chi connectivity index (χ4n) is 1.78. The van der Waals surface area contributed by atoms with Gasteiger partial charge in [-0.2, -0.15) is 0 Å². The van der Waals surface area contributed by atoms with Crippen molar-refractivity contribution < 1.29 is 12.8 Å². The first-order chi connectivity index (χ1) is 8.88. The lowest BCUT2D eigenvalue weighted by Crippen LogP contribution is -2.07. The second-order valence-electron chi connectivity index (χ2n) is 4.43. The maximum atomic E-state index is 13.6. The maximum absolute atomic E-state index is 13.6. The molecule has 100 valence electrons. The number of sulfone groups is 1. The number of aryl methyl sites for hydroxylation is 1. The Hall–Kier alpha value is -1.88. The summed E-state index contributed by atoms with van der Waals surface area (Å²) in [6, 6.07) is 10.6. The van der Waals surface area contributed by atoms with E-state index in [9.17, 15) is 12.8 Å². The van der Waals surface area contributed by atoms with Gasteiger partial charge in [0.1, 0.15) is 5.82 Å². The summed E-state index contributed by atoms with van der Waals surface area (Å²) in [4.78, 5) is 0.198. The molecule has 0 fully saturated rings. The zero-order valence-electron chi connectivity index (χ0n) is 10.4. The van der Waals surface area contributed by atoms with Crippen LogP contribution in [0.3, 0.4) is 0 Å². The molecule has 0 aliphatic rings. The molecule has 2 aromatic carbocycles. The number of halogens is 1. The van der Waals surface area contributed by atoms with Crippen molar-refractivity contribution in [2.45, 2.75) is 17.6 Å². The summed E-state index contributed by atoms with van der Waals surface area (Å²) in [5.41, 5.74) is 6.67. The highest BCUT2D eigenvalue weighted by molar-refractivity contribution is 7.90. The minimum Gasteiger partial charge on any atom is -0.399 e. The van der Waals surface area contributed by atoms with Crippen LogP contribution in [0.4, 0.5) is 10.1 Å². The zero-order chi connectivity index (χ0) is 14.0. The Morgan fingerprint density at radius 1 is 1.16 bits per heavy atom. The van der Waals surface area contributed by atoms with E-state index >= 15 is 0 Å². The third-order valence-electron chi connectivity index (χ3n) is 2.77. The van der Waals surface area contributed by atoms with Crippen LogP contribution in [0.1, 0.15) is 11.1 Å². The predicted octanol–water partition coefficient (Wildman–Crippen LogP) is 2.69. The first-order valence-electron chi connectivity index (χ1n) is 5.72. The van der Waals surface area contributed by atoms with Crippen molar-refractivity contribution in [1.82, 2.24) is 0 Å². The van der Waals surface area contributed by atoms with E-state index in [1.54, 1.807) is 12.1 Å². The summed E-state index contributed by atoms with van der Waals surface area (Å²) in [5.74, 6) is -0.973. The highest BCUT2D eigenvalue weighted by Gasteiger charge is 2.17. The number of hydrogen-bond acceptors (Lipinski definition) is 3. The number of anilines is 1. The molecule has 19 heavy (non-hydrogen) atoms. The van der Waals surface area contributed by atoms with Gasteiger partial charge in [0.05, 0.1) is 10.6 Å². The summed E-state index contributed by atoms with van der Waals surface area (Å²) in [6.45, 7) is 1.81. The molecule has 2 rings (SSSR count). The largest absolute Gasteiger partial charge is 0.399 e. The number of hydrogen-bond donors (Lipinski definition) is 1. The van der Waals surface area contributed by atoms with Crippen molar-refractivity contribution in [2.24, 2.45) is 0 Å². The van der Waals surface area contributed by atoms with Gasteiger partial charge < -0.3 is 5.73 Å². The maximum Gasteiger partial charge on any atom is 0.182 e.